The minimum atomic E-state index is -3.83. The molecule has 4 nitrogen and oxygen atoms in total. The summed E-state index contributed by atoms with van der Waals surface area (Å²) in [5.74, 6) is 0.251. The Kier molecular flexibility index (Phi) is 3.43. The number of anilines is 1. The van der Waals surface area contributed by atoms with Crippen LogP contribution in [0.1, 0.15) is 6.92 Å². The SMILES string of the molecule is CCN1CCOc2c(S(=O)(=O)Cl)ccc(Cl)c21. The molecule has 94 valence electrons. The van der Waals surface area contributed by atoms with Crippen molar-refractivity contribution in [2.24, 2.45) is 0 Å². The van der Waals surface area contributed by atoms with E-state index in [-0.39, 0.29) is 10.6 Å². The summed E-state index contributed by atoms with van der Waals surface area (Å²) in [7, 11) is 1.54. The van der Waals surface area contributed by atoms with Crippen molar-refractivity contribution in [3.8, 4) is 5.75 Å². The normalized spacial score (nSPS) is 15.4. The summed E-state index contributed by atoms with van der Waals surface area (Å²) in [6.07, 6.45) is 0. The van der Waals surface area contributed by atoms with Gasteiger partial charge in [0.2, 0.25) is 0 Å². The third kappa shape index (κ3) is 2.32. The summed E-state index contributed by atoms with van der Waals surface area (Å²) >= 11 is 6.08. The van der Waals surface area contributed by atoms with E-state index in [0.29, 0.717) is 23.9 Å². The molecule has 0 aliphatic carbocycles. The Balaban J connectivity index is 2.69. The highest BCUT2D eigenvalue weighted by Gasteiger charge is 2.27. The molecule has 7 heteroatoms. The van der Waals surface area contributed by atoms with Crippen LogP contribution in [0.15, 0.2) is 17.0 Å². The highest BCUT2D eigenvalue weighted by atomic mass is 35.7. The Morgan fingerprint density at radius 2 is 2.18 bits per heavy atom. The van der Waals surface area contributed by atoms with E-state index in [0.717, 1.165) is 6.54 Å². The summed E-state index contributed by atoms with van der Waals surface area (Å²) in [5, 5.41) is 0.464. The van der Waals surface area contributed by atoms with Crippen molar-refractivity contribution >= 4 is 37.0 Å². The summed E-state index contributed by atoms with van der Waals surface area (Å²) in [6, 6.07) is 2.88. The second-order valence-corrected chi connectivity index (χ2v) is 6.53. The smallest absolute Gasteiger partial charge is 0.265 e. The molecule has 0 radical (unpaired) electrons. The first-order valence-corrected chi connectivity index (χ1v) is 7.78. The lowest BCUT2D eigenvalue weighted by Gasteiger charge is -2.31. The van der Waals surface area contributed by atoms with Crippen LogP contribution in [0, 0.1) is 0 Å². The van der Waals surface area contributed by atoms with Crippen LogP contribution in [-0.4, -0.2) is 28.1 Å². The molecule has 0 amide bonds. The number of likely N-dealkylation sites (N-methyl/N-ethyl adjacent to an activating group) is 1. The maximum Gasteiger partial charge on any atom is 0.265 e. The van der Waals surface area contributed by atoms with E-state index in [1.54, 1.807) is 0 Å². The lowest BCUT2D eigenvalue weighted by atomic mass is 10.2. The van der Waals surface area contributed by atoms with Gasteiger partial charge in [-0.25, -0.2) is 8.42 Å². The zero-order valence-electron chi connectivity index (χ0n) is 9.11. The van der Waals surface area contributed by atoms with E-state index in [1.165, 1.54) is 12.1 Å². The van der Waals surface area contributed by atoms with Gasteiger partial charge in [0, 0.05) is 17.2 Å². The highest BCUT2D eigenvalue weighted by Crippen LogP contribution is 2.43. The molecule has 0 saturated carbocycles. The van der Waals surface area contributed by atoms with Crippen LogP contribution in [0.3, 0.4) is 0 Å². The van der Waals surface area contributed by atoms with Crippen molar-refractivity contribution in [3.05, 3.63) is 17.2 Å². The van der Waals surface area contributed by atoms with Crippen LogP contribution >= 0.6 is 22.3 Å². The standard InChI is InChI=1S/C10H11Cl2NO3S/c1-2-13-5-6-16-10-8(17(12,14)15)4-3-7(11)9(10)13/h3-4H,2,5-6H2,1H3. The molecule has 1 aromatic rings. The van der Waals surface area contributed by atoms with E-state index in [9.17, 15) is 8.42 Å². The molecule has 0 unspecified atom stereocenters. The van der Waals surface area contributed by atoms with Crippen molar-refractivity contribution in [1.82, 2.24) is 0 Å². The Bertz CT molecular complexity index is 545. The van der Waals surface area contributed by atoms with Gasteiger partial charge in [-0.05, 0) is 19.1 Å². The molecule has 0 fully saturated rings. The second kappa shape index (κ2) is 4.55. The van der Waals surface area contributed by atoms with Gasteiger partial charge in [-0.3, -0.25) is 0 Å². The van der Waals surface area contributed by atoms with E-state index >= 15 is 0 Å². The van der Waals surface area contributed by atoms with Crippen LogP contribution in [-0.2, 0) is 9.05 Å². The number of rotatable bonds is 2. The summed E-state index contributed by atoms with van der Waals surface area (Å²) in [5.41, 5.74) is 0.599. The third-order valence-electron chi connectivity index (χ3n) is 2.61. The van der Waals surface area contributed by atoms with Gasteiger partial charge in [-0.1, -0.05) is 11.6 Å². The van der Waals surface area contributed by atoms with Gasteiger partial charge < -0.3 is 9.64 Å². The van der Waals surface area contributed by atoms with E-state index in [4.69, 9.17) is 27.0 Å². The molecule has 0 aromatic heterocycles. The first-order valence-electron chi connectivity index (χ1n) is 5.10. The molecule has 0 atom stereocenters. The quantitative estimate of drug-likeness (QED) is 0.787. The van der Waals surface area contributed by atoms with Crippen LogP contribution < -0.4 is 9.64 Å². The average Bonchev–Trinajstić information content (AvgIpc) is 2.27. The van der Waals surface area contributed by atoms with Crippen molar-refractivity contribution in [2.75, 3.05) is 24.6 Å². The van der Waals surface area contributed by atoms with Crippen LogP contribution in [0.4, 0.5) is 5.69 Å². The van der Waals surface area contributed by atoms with Gasteiger partial charge in [0.25, 0.3) is 9.05 Å². The van der Waals surface area contributed by atoms with Crippen molar-refractivity contribution in [2.45, 2.75) is 11.8 Å². The number of benzene rings is 1. The molecule has 1 heterocycles. The molecular formula is C10H11Cl2NO3S. The molecule has 17 heavy (non-hydrogen) atoms. The highest BCUT2D eigenvalue weighted by molar-refractivity contribution is 8.13. The number of nitrogens with zero attached hydrogens (tertiary/aromatic N) is 1. The van der Waals surface area contributed by atoms with Gasteiger partial charge in [0.15, 0.2) is 5.75 Å². The number of hydrogen-bond donors (Lipinski definition) is 0. The lowest BCUT2D eigenvalue weighted by Crippen LogP contribution is -2.33. The molecule has 1 aliphatic heterocycles. The largest absolute Gasteiger partial charge is 0.488 e. The fourth-order valence-electron chi connectivity index (χ4n) is 1.84. The molecule has 0 N–H and O–H groups in total. The monoisotopic (exact) mass is 295 g/mol. The van der Waals surface area contributed by atoms with E-state index in [2.05, 4.69) is 0 Å². The Labute approximate surface area is 109 Å². The fourth-order valence-corrected chi connectivity index (χ4v) is 3.08. The molecule has 0 saturated heterocycles. The van der Waals surface area contributed by atoms with Crippen LogP contribution in [0.2, 0.25) is 5.02 Å². The fraction of sp³-hybridized carbons (Fsp3) is 0.400. The zero-order chi connectivity index (χ0) is 12.6. The van der Waals surface area contributed by atoms with Crippen molar-refractivity contribution in [3.63, 3.8) is 0 Å². The topological polar surface area (TPSA) is 46.6 Å². The average molecular weight is 296 g/mol. The lowest BCUT2D eigenvalue weighted by molar-refractivity contribution is 0.300. The van der Waals surface area contributed by atoms with E-state index < -0.39 is 9.05 Å². The summed E-state index contributed by atoms with van der Waals surface area (Å²) < 4.78 is 28.3. The predicted octanol–water partition coefficient (Wildman–Crippen LogP) is 2.49. The van der Waals surface area contributed by atoms with Gasteiger partial charge in [-0.15, -0.1) is 0 Å². The van der Waals surface area contributed by atoms with Gasteiger partial charge in [-0.2, -0.15) is 0 Å². The number of ether oxygens (including phenoxy) is 1. The first-order chi connectivity index (χ1) is 7.95. The van der Waals surface area contributed by atoms with Crippen molar-refractivity contribution < 1.29 is 13.2 Å². The number of halogens is 2. The number of fused-ring (bicyclic) bond motifs is 1. The minimum absolute atomic E-state index is 0.0308. The molecule has 1 aromatic carbocycles. The zero-order valence-corrected chi connectivity index (χ0v) is 11.4. The number of hydrogen-bond acceptors (Lipinski definition) is 4. The Morgan fingerprint density at radius 1 is 1.47 bits per heavy atom. The molecular weight excluding hydrogens is 285 g/mol. The van der Waals surface area contributed by atoms with E-state index in [1.807, 2.05) is 11.8 Å². The van der Waals surface area contributed by atoms with Gasteiger partial charge in [0.1, 0.15) is 11.5 Å². The molecule has 2 rings (SSSR count). The third-order valence-corrected chi connectivity index (χ3v) is 4.26. The molecule has 0 bridgehead atoms. The summed E-state index contributed by atoms with van der Waals surface area (Å²) in [4.78, 5) is 1.93. The molecule has 1 aliphatic rings. The minimum Gasteiger partial charge on any atom is -0.488 e. The maximum atomic E-state index is 11.4. The van der Waals surface area contributed by atoms with Crippen molar-refractivity contribution in [1.29, 1.82) is 0 Å². The first kappa shape index (κ1) is 12.8. The van der Waals surface area contributed by atoms with Crippen LogP contribution in [0.5, 0.6) is 5.75 Å². The summed E-state index contributed by atoms with van der Waals surface area (Å²) in [6.45, 7) is 3.78. The van der Waals surface area contributed by atoms with Crippen LogP contribution in [0.25, 0.3) is 0 Å². The molecule has 0 spiro atoms. The van der Waals surface area contributed by atoms with Gasteiger partial charge >= 0.3 is 0 Å². The maximum absolute atomic E-state index is 11.4. The Morgan fingerprint density at radius 3 is 2.76 bits per heavy atom. The predicted molar refractivity (Wildman–Crippen MR) is 67.9 cm³/mol. The van der Waals surface area contributed by atoms with Gasteiger partial charge in [0.05, 0.1) is 17.3 Å². The Hall–Kier alpha value is -0.650. The second-order valence-electron chi connectivity index (χ2n) is 3.59.